The fourth-order valence-corrected chi connectivity index (χ4v) is 3.03. The van der Waals surface area contributed by atoms with Gasteiger partial charge in [-0.1, -0.05) is 36.4 Å². The smallest absolute Gasteiger partial charge is 0.240 e. The zero-order chi connectivity index (χ0) is 17.7. The van der Waals surface area contributed by atoms with Crippen molar-refractivity contribution in [1.29, 1.82) is 0 Å². The number of rotatable bonds is 5. The summed E-state index contributed by atoms with van der Waals surface area (Å²) in [6, 6.07) is 5.82. The third-order valence-electron chi connectivity index (χ3n) is 3.63. The Hall–Kier alpha value is -2.15. The molecule has 24 heavy (non-hydrogen) atoms. The number of benzene rings is 1. The van der Waals surface area contributed by atoms with Gasteiger partial charge in [0.25, 0.3) is 0 Å². The van der Waals surface area contributed by atoms with Crippen LogP contribution in [0, 0.1) is 13.8 Å². The van der Waals surface area contributed by atoms with Gasteiger partial charge in [0.2, 0.25) is 11.8 Å². The minimum atomic E-state index is -0.480. The lowest BCUT2D eigenvalue weighted by atomic mass is 10.1. The highest BCUT2D eigenvalue weighted by Gasteiger charge is 2.32. The van der Waals surface area contributed by atoms with Crippen LogP contribution < -0.4 is 10.6 Å². The zero-order valence-electron chi connectivity index (χ0n) is 14.3. The number of nitrogens with one attached hydrogen (secondary N) is 2. The molecule has 0 bridgehead atoms. The minimum Gasteiger partial charge on any atom is -0.326 e. The quantitative estimate of drug-likeness (QED) is 0.635. The van der Waals surface area contributed by atoms with E-state index in [2.05, 4.69) is 20.8 Å². The van der Waals surface area contributed by atoms with Crippen LogP contribution in [-0.2, 0) is 9.59 Å². The summed E-state index contributed by atoms with van der Waals surface area (Å²) in [4.78, 5) is 24.2. The van der Waals surface area contributed by atoms with Crippen molar-refractivity contribution in [2.75, 3.05) is 5.32 Å². The van der Waals surface area contributed by atoms with Crippen LogP contribution in [0.1, 0.15) is 37.8 Å². The normalized spacial score (nSPS) is 19.5. The Morgan fingerprint density at radius 1 is 1.38 bits per heavy atom. The maximum absolute atomic E-state index is 12.2. The van der Waals surface area contributed by atoms with E-state index >= 15 is 0 Å². The molecular weight excluding hydrogens is 324 g/mol. The van der Waals surface area contributed by atoms with Crippen molar-refractivity contribution in [1.82, 2.24) is 5.32 Å². The summed E-state index contributed by atoms with van der Waals surface area (Å²) in [5, 5.41) is 13.5. The first kappa shape index (κ1) is 18.2. The summed E-state index contributed by atoms with van der Waals surface area (Å²) in [7, 11) is 0. The third-order valence-corrected chi connectivity index (χ3v) is 4.70. The lowest BCUT2D eigenvalue weighted by Crippen LogP contribution is -2.28. The van der Waals surface area contributed by atoms with Crippen molar-refractivity contribution in [3.8, 4) is 0 Å². The summed E-state index contributed by atoms with van der Waals surface area (Å²) >= 11 is 1.24. The Kier molecular flexibility index (Phi) is 6.14. The van der Waals surface area contributed by atoms with Crippen LogP contribution in [0.15, 0.2) is 28.4 Å². The van der Waals surface area contributed by atoms with E-state index in [1.807, 2.05) is 45.9 Å². The maximum Gasteiger partial charge on any atom is 0.240 e. The number of aryl methyl sites for hydroxylation is 2. The monoisotopic (exact) mass is 346 g/mol. The Balaban J connectivity index is 1.96. The van der Waals surface area contributed by atoms with E-state index in [4.69, 9.17) is 0 Å². The number of nitrogens with zero attached hydrogens (tertiary/aromatic N) is 2. The first-order valence-electron chi connectivity index (χ1n) is 7.84. The summed E-state index contributed by atoms with van der Waals surface area (Å²) in [6.45, 7) is 7.81. The molecule has 1 saturated heterocycles. The second-order valence-electron chi connectivity index (χ2n) is 5.76. The van der Waals surface area contributed by atoms with Crippen LogP contribution in [0.2, 0.25) is 0 Å². The number of hydrogen-bond acceptors (Lipinski definition) is 5. The SMILES string of the molecule is CC/C(C)=N/N=C1\NC(=O)C(CC(=O)Nc2ccc(C)cc2C)S1. The van der Waals surface area contributed by atoms with Crippen LogP contribution in [0.3, 0.4) is 0 Å². The molecule has 1 unspecified atom stereocenters. The molecule has 0 aromatic heterocycles. The van der Waals surface area contributed by atoms with Gasteiger partial charge in [0.05, 0.1) is 0 Å². The van der Waals surface area contributed by atoms with Gasteiger partial charge < -0.3 is 10.6 Å². The molecule has 1 aliphatic heterocycles. The summed E-state index contributed by atoms with van der Waals surface area (Å²) in [5.41, 5.74) is 3.79. The van der Waals surface area contributed by atoms with E-state index in [-0.39, 0.29) is 18.2 Å². The molecule has 0 spiro atoms. The largest absolute Gasteiger partial charge is 0.326 e. The number of amides is 2. The number of carbonyl (C=O) groups excluding carboxylic acids is 2. The first-order valence-corrected chi connectivity index (χ1v) is 8.72. The van der Waals surface area contributed by atoms with Crippen molar-refractivity contribution >= 4 is 40.1 Å². The summed E-state index contributed by atoms with van der Waals surface area (Å²) in [5.74, 6) is -0.400. The Bertz CT molecular complexity index is 713. The molecule has 0 saturated carbocycles. The number of thioether (sulfide) groups is 1. The highest BCUT2D eigenvalue weighted by Crippen LogP contribution is 2.24. The average Bonchev–Trinajstić information content (AvgIpc) is 2.87. The van der Waals surface area contributed by atoms with Crippen LogP contribution in [0.25, 0.3) is 0 Å². The van der Waals surface area contributed by atoms with Crippen molar-refractivity contribution in [2.45, 2.75) is 45.8 Å². The lowest BCUT2D eigenvalue weighted by Gasteiger charge is -2.10. The van der Waals surface area contributed by atoms with Gasteiger partial charge >= 0.3 is 0 Å². The van der Waals surface area contributed by atoms with E-state index in [0.717, 1.165) is 28.9 Å². The second-order valence-corrected chi connectivity index (χ2v) is 6.95. The highest BCUT2D eigenvalue weighted by molar-refractivity contribution is 8.15. The predicted octanol–water partition coefficient (Wildman–Crippen LogP) is 3.01. The molecule has 2 amide bonds. The van der Waals surface area contributed by atoms with E-state index in [9.17, 15) is 9.59 Å². The van der Waals surface area contributed by atoms with Crippen molar-refractivity contribution < 1.29 is 9.59 Å². The molecule has 6 nitrogen and oxygen atoms in total. The third kappa shape index (κ3) is 4.92. The Morgan fingerprint density at radius 3 is 2.79 bits per heavy atom. The first-order chi connectivity index (χ1) is 11.4. The molecule has 128 valence electrons. The van der Waals surface area contributed by atoms with Crippen molar-refractivity contribution in [3.05, 3.63) is 29.3 Å². The molecule has 0 radical (unpaired) electrons. The Labute approximate surface area is 146 Å². The number of hydrogen-bond donors (Lipinski definition) is 2. The van der Waals surface area contributed by atoms with Gasteiger partial charge in [-0.25, -0.2) is 0 Å². The fraction of sp³-hybridized carbons (Fsp3) is 0.412. The molecule has 1 aliphatic rings. The van der Waals surface area contributed by atoms with E-state index < -0.39 is 5.25 Å². The van der Waals surface area contributed by atoms with Gasteiger partial charge in [-0.2, -0.15) is 5.10 Å². The van der Waals surface area contributed by atoms with Gasteiger partial charge in [-0.05, 0) is 38.8 Å². The standard InChI is InChI=1S/C17H22N4O2S/c1-5-12(4)20-21-17-19-16(23)14(24-17)9-15(22)18-13-7-6-10(2)8-11(13)3/h6-8,14H,5,9H2,1-4H3,(H,18,22)(H,19,21,23)/b20-12+. The van der Waals surface area contributed by atoms with Crippen molar-refractivity contribution in [2.24, 2.45) is 10.2 Å². The molecule has 1 aromatic rings. The fourth-order valence-electron chi connectivity index (χ4n) is 2.11. The molecule has 1 aromatic carbocycles. The van der Waals surface area contributed by atoms with E-state index in [1.54, 1.807) is 0 Å². The van der Waals surface area contributed by atoms with Gasteiger partial charge in [-0.3, -0.25) is 9.59 Å². The molecule has 2 N–H and O–H groups in total. The van der Waals surface area contributed by atoms with Gasteiger partial charge in [0, 0.05) is 17.8 Å². The van der Waals surface area contributed by atoms with Crippen LogP contribution in [0.4, 0.5) is 5.69 Å². The van der Waals surface area contributed by atoms with Gasteiger partial charge in [-0.15, -0.1) is 5.10 Å². The van der Waals surface area contributed by atoms with E-state index in [1.165, 1.54) is 11.8 Å². The Morgan fingerprint density at radius 2 is 2.12 bits per heavy atom. The molecule has 2 rings (SSSR count). The van der Waals surface area contributed by atoms with E-state index in [0.29, 0.717) is 5.17 Å². The van der Waals surface area contributed by atoms with Gasteiger partial charge in [0.15, 0.2) is 5.17 Å². The average molecular weight is 346 g/mol. The van der Waals surface area contributed by atoms with Crippen LogP contribution in [-0.4, -0.2) is 27.9 Å². The summed E-state index contributed by atoms with van der Waals surface area (Å²) < 4.78 is 0. The second kappa shape index (κ2) is 8.10. The minimum absolute atomic E-state index is 0.0965. The van der Waals surface area contributed by atoms with Gasteiger partial charge in [0.1, 0.15) is 5.25 Å². The molecular formula is C17H22N4O2S. The molecule has 1 heterocycles. The highest BCUT2D eigenvalue weighted by atomic mass is 32.2. The van der Waals surface area contributed by atoms with Crippen molar-refractivity contribution in [3.63, 3.8) is 0 Å². The summed E-state index contributed by atoms with van der Waals surface area (Å²) in [6.07, 6.45) is 0.899. The molecule has 7 heteroatoms. The molecule has 1 atom stereocenters. The zero-order valence-corrected chi connectivity index (χ0v) is 15.2. The number of amidine groups is 1. The predicted molar refractivity (Wildman–Crippen MR) is 99.5 cm³/mol. The number of carbonyl (C=O) groups is 2. The molecule has 0 aliphatic carbocycles. The van der Waals surface area contributed by atoms with Crippen LogP contribution in [0.5, 0.6) is 0 Å². The number of anilines is 1. The topological polar surface area (TPSA) is 82.9 Å². The maximum atomic E-state index is 12.2. The lowest BCUT2D eigenvalue weighted by molar-refractivity contribution is -0.122. The molecule has 1 fully saturated rings. The van der Waals surface area contributed by atoms with Crippen LogP contribution >= 0.6 is 11.8 Å².